The smallest absolute Gasteiger partial charge is 0.255 e. The number of likely N-dealkylation sites (N-methyl/N-ethyl adjacent to an activating group) is 1. The number of nitrogens with zero attached hydrogens (tertiary/aromatic N) is 6. The molecule has 4 heterocycles. The van der Waals surface area contributed by atoms with E-state index in [1.54, 1.807) is 17.3 Å². The van der Waals surface area contributed by atoms with Crippen LogP contribution in [0.1, 0.15) is 24.6 Å². The van der Waals surface area contributed by atoms with Crippen molar-refractivity contribution in [2.24, 2.45) is 0 Å². The topological polar surface area (TPSA) is 96.4 Å². The number of aromatic nitrogens is 4. The molecule has 1 saturated heterocycles. The lowest BCUT2D eigenvalue weighted by Gasteiger charge is -2.16. The minimum absolute atomic E-state index is 0.00388. The molecule has 0 aliphatic carbocycles. The van der Waals surface area contributed by atoms with Crippen molar-refractivity contribution < 1.29 is 9.53 Å². The molecule has 1 aliphatic rings. The largest absolute Gasteiger partial charge is 0.455 e. The van der Waals surface area contributed by atoms with Crippen LogP contribution >= 0.6 is 0 Å². The van der Waals surface area contributed by atoms with Gasteiger partial charge in [0, 0.05) is 35.4 Å². The van der Waals surface area contributed by atoms with Gasteiger partial charge in [-0.05, 0) is 75.8 Å². The van der Waals surface area contributed by atoms with E-state index in [1.807, 2.05) is 68.4 Å². The van der Waals surface area contributed by atoms with Gasteiger partial charge < -0.3 is 15.0 Å². The SMILES string of the molecule is CCc1ccc(Oc2ccc(Nc3ncnc4cnc(N5CC/C(=C\CN(C)C)C5=O)cc34)cc2C)cn1. The summed E-state index contributed by atoms with van der Waals surface area (Å²) in [5.74, 6) is 2.68. The first-order valence-corrected chi connectivity index (χ1v) is 12.7. The van der Waals surface area contributed by atoms with Gasteiger partial charge in [-0.2, -0.15) is 0 Å². The molecule has 0 atom stereocenters. The van der Waals surface area contributed by atoms with Crippen LogP contribution in [-0.2, 0) is 11.2 Å². The Kier molecular flexibility index (Phi) is 7.28. The zero-order valence-corrected chi connectivity index (χ0v) is 22.1. The summed E-state index contributed by atoms with van der Waals surface area (Å²) >= 11 is 0. The van der Waals surface area contributed by atoms with Crippen LogP contribution in [0.15, 0.2) is 66.8 Å². The van der Waals surface area contributed by atoms with Gasteiger partial charge in [-0.25, -0.2) is 15.0 Å². The Morgan fingerprint density at radius 1 is 1.08 bits per heavy atom. The molecule has 4 aromatic rings. The van der Waals surface area contributed by atoms with Crippen LogP contribution in [-0.4, -0.2) is 57.9 Å². The summed E-state index contributed by atoms with van der Waals surface area (Å²) < 4.78 is 6.04. The lowest BCUT2D eigenvalue weighted by atomic mass is 10.2. The highest BCUT2D eigenvalue weighted by Crippen LogP contribution is 2.31. The molecule has 0 unspecified atom stereocenters. The summed E-state index contributed by atoms with van der Waals surface area (Å²) in [6.07, 6.45) is 8.52. The number of fused-ring (bicyclic) bond motifs is 1. The van der Waals surface area contributed by atoms with E-state index in [-0.39, 0.29) is 5.91 Å². The number of aryl methyl sites for hydroxylation is 2. The summed E-state index contributed by atoms with van der Waals surface area (Å²) in [6, 6.07) is 11.7. The standard InChI is InChI=1S/C29H31N7O2/c1-5-21-6-8-23(16-30-21)38-26-9-7-22(14-19(26)2)34-28-24-15-27(31-17-25(24)32-18-33-28)36-13-11-20(29(36)37)10-12-35(3)4/h6-10,14-18H,5,11-13H2,1-4H3,(H,32,33,34)/b20-10+. The number of rotatable bonds is 8. The van der Waals surface area contributed by atoms with E-state index in [4.69, 9.17) is 4.74 Å². The predicted molar refractivity (Wildman–Crippen MR) is 149 cm³/mol. The van der Waals surface area contributed by atoms with E-state index in [9.17, 15) is 4.79 Å². The summed E-state index contributed by atoms with van der Waals surface area (Å²) in [5.41, 5.74) is 4.37. The van der Waals surface area contributed by atoms with Crippen molar-refractivity contribution in [3.63, 3.8) is 0 Å². The monoisotopic (exact) mass is 509 g/mol. The number of amides is 1. The summed E-state index contributed by atoms with van der Waals surface area (Å²) in [7, 11) is 3.97. The zero-order valence-electron chi connectivity index (χ0n) is 22.1. The fraction of sp³-hybridized carbons (Fsp3) is 0.276. The first-order chi connectivity index (χ1) is 18.4. The average Bonchev–Trinajstić information content (AvgIpc) is 3.29. The first-order valence-electron chi connectivity index (χ1n) is 12.7. The molecule has 1 fully saturated rings. The predicted octanol–water partition coefficient (Wildman–Crippen LogP) is 5.05. The fourth-order valence-corrected chi connectivity index (χ4v) is 4.30. The van der Waals surface area contributed by atoms with Gasteiger partial charge >= 0.3 is 0 Å². The normalized spacial score (nSPS) is 14.6. The van der Waals surface area contributed by atoms with Crippen molar-refractivity contribution in [1.29, 1.82) is 0 Å². The Labute approximate surface area is 222 Å². The fourth-order valence-electron chi connectivity index (χ4n) is 4.30. The molecule has 9 nitrogen and oxygen atoms in total. The maximum Gasteiger partial charge on any atom is 0.255 e. The number of carbonyl (C=O) groups is 1. The van der Waals surface area contributed by atoms with Gasteiger partial charge in [-0.3, -0.25) is 14.7 Å². The molecule has 0 radical (unpaired) electrons. The Hall–Kier alpha value is -4.37. The molecule has 1 aliphatic heterocycles. The third kappa shape index (κ3) is 5.47. The summed E-state index contributed by atoms with van der Waals surface area (Å²) in [6.45, 7) is 5.40. The number of hydrogen-bond donors (Lipinski definition) is 1. The van der Waals surface area contributed by atoms with Gasteiger partial charge in [0.05, 0.1) is 17.9 Å². The highest BCUT2D eigenvalue weighted by Gasteiger charge is 2.28. The van der Waals surface area contributed by atoms with Crippen molar-refractivity contribution in [2.75, 3.05) is 37.4 Å². The number of benzene rings is 1. The molecule has 1 N–H and O–H groups in total. The zero-order chi connectivity index (χ0) is 26.6. The Morgan fingerprint density at radius 3 is 2.68 bits per heavy atom. The van der Waals surface area contributed by atoms with Crippen molar-refractivity contribution >= 4 is 34.1 Å². The number of pyridine rings is 2. The van der Waals surface area contributed by atoms with E-state index >= 15 is 0 Å². The van der Waals surface area contributed by atoms with Crippen LogP contribution in [0.2, 0.25) is 0 Å². The maximum absolute atomic E-state index is 13.0. The molecule has 38 heavy (non-hydrogen) atoms. The maximum atomic E-state index is 13.0. The second-order valence-corrected chi connectivity index (χ2v) is 9.53. The Balaban J connectivity index is 1.36. The minimum atomic E-state index is -0.00388. The van der Waals surface area contributed by atoms with Gasteiger partial charge in [0.2, 0.25) is 0 Å². The second-order valence-electron chi connectivity index (χ2n) is 9.53. The first kappa shape index (κ1) is 25.3. The summed E-state index contributed by atoms with van der Waals surface area (Å²) in [4.78, 5) is 34.5. The average molecular weight is 510 g/mol. The van der Waals surface area contributed by atoms with E-state index in [0.29, 0.717) is 35.9 Å². The third-order valence-electron chi connectivity index (χ3n) is 6.44. The molecular weight excluding hydrogens is 478 g/mol. The van der Waals surface area contributed by atoms with Crippen LogP contribution in [0.4, 0.5) is 17.3 Å². The molecule has 0 bridgehead atoms. The molecule has 0 saturated carbocycles. The van der Waals surface area contributed by atoms with E-state index in [2.05, 4.69) is 32.2 Å². The molecule has 194 valence electrons. The van der Waals surface area contributed by atoms with Crippen LogP contribution in [0.5, 0.6) is 11.5 Å². The van der Waals surface area contributed by atoms with Gasteiger partial charge in [-0.1, -0.05) is 13.0 Å². The minimum Gasteiger partial charge on any atom is -0.455 e. The lowest BCUT2D eigenvalue weighted by Crippen LogP contribution is -2.25. The van der Waals surface area contributed by atoms with E-state index in [1.165, 1.54) is 6.33 Å². The molecule has 1 amide bonds. The molecule has 3 aromatic heterocycles. The molecular formula is C29H31N7O2. The van der Waals surface area contributed by atoms with Crippen molar-refractivity contribution in [3.05, 3.63) is 78.0 Å². The molecule has 5 rings (SSSR count). The van der Waals surface area contributed by atoms with Crippen molar-refractivity contribution in [3.8, 4) is 11.5 Å². The molecule has 1 aromatic carbocycles. The number of carbonyl (C=O) groups excluding carboxylic acids is 1. The van der Waals surface area contributed by atoms with Gasteiger partial charge in [-0.15, -0.1) is 0 Å². The highest BCUT2D eigenvalue weighted by molar-refractivity contribution is 6.08. The lowest BCUT2D eigenvalue weighted by molar-refractivity contribution is -0.114. The third-order valence-corrected chi connectivity index (χ3v) is 6.44. The van der Waals surface area contributed by atoms with Gasteiger partial charge in [0.15, 0.2) is 0 Å². The molecule has 0 spiro atoms. The van der Waals surface area contributed by atoms with Gasteiger partial charge in [0.25, 0.3) is 5.91 Å². The summed E-state index contributed by atoms with van der Waals surface area (Å²) in [5, 5.41) is 4.19. The second kappa shape index (κ2) is 10.9. The quantitative estimate of drug-likeness (QED) is 0.330. The van der Waals surface area contributed by atoms with Crippen LogP contribution < -0.4 is 15.0 Å². The van der Waals surface area contributed by atoms with E-state index in [0.717, 1.165) is 46.6 Å². The van der Waals surface area contributed by atoms with Crippen LogP contribution in [0.25, 0.3) is 10.9 Å². The highest BCUT2D eigenvalue weighted by atomic mass is 16.5. The Bertz CT molecular complexity index is 1500. The van der Waals surface area contributed by atoms with E-state index < -0.39 is 0 Å². The van der Waals surface area contributed by atoms with Crippen LogP contribution in [0, 0.1) is 6.92 Å². The molecule has 9 heteroatoms. The van der Waals surface area contributed by atoms with Crippen LogP contribution in [0.3, 0.4) is 0 Å². The number of hydrogen-bond acceptors (Lipinski definition) is 8. The van der Waals surface area contributed by atoms with Crippen molar-refractivity contribution in [1.82, 2.24) is 24.8 Å². The number of anilines is 3. The van der Waals surface area contributed by atoms with Crippen molar-refractivity contribution in [2.45, 2.75) is 26.7 Å². The Morgan fingerprint density at radius 2 is 1.95 bits per heavy atom. The number of ether oxygens (including phenoxy) is 1. The number of nitrogens with one attached hydrogen (secondary N) is 1. The van der Waals surface area contributed by atoms with Gasteiger partial charge in [0.1, 0.15) is 29.5 Å².